The van der Waals surface area contributed by atoms with E-state index < -0.39 is 0 Å². The molecule has 0 bridgehead atoms. The molecule has 0 spiro atoms. The lowest BCUT2D eigenvalue weighted by Crippen LogP contribution is -2.46. The van der Waals surface area contributed by atoms with Gasteiger partial charge in [0.25, 0.3) is 0 Å². The van der Waals surface area contributed by atoms with Gasteiger partial charge in [-0.3, -0.25) is 0 Å². The summed E-state index contributed by atoms with van der Waals surface area (Å²) in [6.07, 6.45) is 6.74. The molecule has 2 nitrogen and oxygen atoms in total. The van der Waals surface area contributed by atoms with Crippen LogP contribution in [0.15, 0.2) is 18.2 Å². The zero-order valence-corrected chi connectivity index (χ0v) is 15.3. The summed E-state index contributed by atoms with van der Waals surface area (Å²) in [5, 5.41) is 20.7. The van der Waals surface area contributed by atoms with E-state index in [9.17, 15) is 10.2 Å². The van der Waals surface area contributed by atoms with Gasteiger partial charge in [-0.05, 0) is 90.4 Å². The van der Waals surface area contributed by atoms with Gasteiger partial charge in [0.05, 0.1) is 6.10 Å². The topological polar surface area (TPSA) is 40.5 Å². The number of aliphatic hydroxyl groups excluding tert-OH is 1. The molecule has 2 saturated carbocycles. The van der Waals surface area contributed by atoms with Crippen LogP contribution in [-0.4, -0.2) is 16.3 Å². The molecular weight excluding hydrogens is 296 g/mol. The van der Waals surface area contributed by atoms with E-state index in [0.717, 1.165) is 19.3 Å². The average Bonchev–Trinajstić information content (AvgIpc) is 2.85. The van der Waals surface area contributed by atoms with Gasteiger partial charge in [-0.2, -0.15) is 0 Å². The van der Waals surface area contributed by atoms with Crippen molar-refractivity contribution < 1.29 is 10.2 Å². The van der Waals surface area contributed by atoms with Gasteiger partial charge in [-0.15, -0.1) is 0 Å². The number of hydrogen-bond donors (Lipinski definition) is 2. The van der Waals surface area contributed by atoms with Gasteiger partial charge in [0.15, 0.2) is 0 Å². The standard InChI is InChI=1S/C22H32O2/c1-4-13(2)19-12-20(24)22(3)10-9-17-16-8-6-15(23)11-14(16)5-7-18(17)21(19)22/h6,8,11,13,17-21,23-24H,4-5,7,9-10,12H2,1-3H3/t13?,17-,18-,19?,20?,21-,22-/m1/s1. The summed E-state index contributed by atoms with van der Waals surface area (Å²) in [5.74, 6) is 3.76. The number of rotatable bonds is 2. The van der Waals surface area contributed by atoms with Crippen molar-refractivity contribution in [3.8, 4) is 5.75 Å². The van der Waals surface area contributed by atoms with Crippen molar-refractivity contribution in [2.45, 2.75) is 71.3 Å². The molecule has 24 heavy (non-hydrogen) atoms. The lowest BCUT2D eigenvalue weighted by Gasteiger charge is -2.52. The Bertz CT molecular complexity index is 624. The third kappa shape index (κ3) is 2.25. The first kappa shape index (κ1) is 16.4. The van der Waals surface area contributed by atoms with E-state index in [0.29, 0.717) is 35.3 Å². The molecule has 132 valence electrons. The van der Waals surface area contributed by atoms with E-state index in [1.165, 1.54) is 30.4 Å². The lowest BCUT2D eigenvalue weighted by atomic mass is 9.53. The van der Waals surface area contributed by atoms with Crippen molar-refractivity contribution in [1.82, 2.24) is 0 Å². The highest BCUT2D eigenvalue weighted by Gasteiger charge is 2.59. The molecule has 0 saturated heterocycles. The molecule has 0 amide bonds. The number of benzene rings is 1. The van der Waals surface area contributed by atoms with Gasteiger partial charge in [0.1, 0.15) is 5.75 Å². The Kier molecular flexibility index (Phi) is 3.95. The largest absolute Gasteiger partial charge is 0.508 e. The second kappa shape index (κ2) is 5.76. The van der Waals surface area contributed by atoms with Crippen LogP contribution in [0.1, 0.15) is 69.9 Å². The van der Waals surface area contributed by atoms with Crippen LogP contribution in [0.5, 0.6) is 5.75 Å². The van der Waals surface area contributed by atoms with Crippen LogP contribution in [-0.2, 0) is 6.42 Å². The van der Waals surface area contributed by atoms with Crippen molar-refractivity contribution in [3.63, 3.8) is 0 Å². The maximum Gasteiger partial charge on any atom is 0.115 e. The first-order chi connectivity index (χ1) is 11.5. The minimum atomic E-state index is -0.122. The third-order valence-electron chi connectivity index (χ3n) is 8.10. The maximum atomic E-state index is 10.9. The van der Waals surface area contributed by atoms with E-state index in [1.54, 1.807) is 0 Å². The van der Waals surface area contributed by atoms with Gasteiger partial charge >= 0.3 is 0 Å². The number of fused-ring (bicyclic) bond motifs is 5. The van der Waals surface area contributed by atoms with Crippen molar-refractivity contribution in [3.05, 3.63) is 29.3 Å². The van der Waals surface area contributed by atoms with E-state index in [-0.39, 0.29) is 11.5 Å². The number of aromatic hydroxyl groups is 1. The highest BCUT2D eigenvalue weighted by molar-refractivity contribution is 5.40. The lowest BCUT2D eigenvalue weighted by molar-refractivity contribution is -0.0341. The summed E-state index contributed by atoms with van der Waals surface area (Å²) in [6, 6.07) is 6.02. The number of aryl methyl sites for hydroxylation is 1. The van der Waals surface area contributed by atoms with Crippen LogP contribution in [0.4, 0.5) is 0 Å². The first-order valence-corrected chi connectivity index (χ1v) is 9.95. The Morgan fingerprint density at radius 3 is 2.83 bits per heavy atom. The molecule has 2 heteroatoms. The molecule has 0 aliphatic heterocycles. The highest BCUT2D eigenvalue weighted by Crippen LogP contribution is 2.64. The summed E-state index contributed by atoms with van der Waals surface area (Å²) >= 11 is 0. The molecule has 2 fully saturated rings. The predicted octanol–water partition coefficient (Wildman–Crippen LogP) is 4.88. The van der Waals surface area contributed by atoms with Crippen molar-refractivity contribution >= 4 is 0 Å². The van der Waals surface area contributed by atoms with Gasteiger partial charge < -0.3 is 10.2 Å². The average molecular weight is 328 g/mol. The van der Waals surface area contributed by atoms with E-state index in [4.69, 9.17) is 0 Å². The quantitative estimate of drug-likeness (QED) is 0.812. The predicted molar refractivity (Wildman–Crippen MR) is 97.1 cm³/mol. The van der Waals surface area contributed by atoms with Crippen LogP contribution in [0.25, 0.3) is 0 Å². The molecule has 7 atom stereocenters. The van der Waals surface area contributed by atoms with Gasteiger partial charge in [-0.1, -0.05) is 33.3 Å². The molecule has 3 aliphatic carbocycles. The van der Waals surface area contributed by atoms with Gasteiger partial charge in [-0.25, -0.2) is 0 Å². The Morgan fingerprint density at radius 2 is 2.08 bits per heavy atom. The fraction of sp³-hybridized carbons (Fsp3) is 0.727. The second-order valence-corrected chi connectivity index (χ2v) is 9.06. The van der Waals surface area contributed by atoms with Crippen LogP contribution in [0, 0.1) is 29.1 Å². The molecule has 1 aromatic carbocycles. The number of phenolic OH excluding ortho intramolecular Hbond substituents is 1. The summed E-state index contributed by atoms with van der Waals surface area (Å²) in [7, 11) is 0. The molecule has 0 radical (unpaired) electrons. The van der Waals surface area contributed by atoms with Crippen molar-refractivity contribution in [1.29, 1.82) is 0 Å². The van der Waals surface area contributed by atoms with Crippen LogP contribution < -0.4 is 0 Å². The Morgan fingerprint density at radius 1 is 1.29 bits per heavy atom. The number of aliphatic hydroxyl groups is 1. The molecule has 1 aromatic rings. The molecule has 0 heterocycles. The van der Waals surface area contributed by atoms with E-state index >= 15 is 0 Å². The fourth-order valence-electron chi connectivity index (χ4n) is 6.60. The molecule has 2 N–H and O–H groups in total. The number of hydrogen-bond acceptors (Lipinski definition) is 2. The SMILES string of the molecule is CCC(C)C1CC(O)[C@@]2(C)CC[C@@H]3c4ccc(O)cc4CC[C@H]3[C@H]12. The Labute approximate surface area is 146 Å². The zero-order chi connectivity index (χ0) is 17.1. The van der Waals surface area contributed by atoms with Crippen LogP contribution >= 0.6 is 0 Å². The minimum Gasteiger partial charge on any atom is -0.508 e. The highest BCUT2D eigenvalue weighted by atomic mass is 16.3. The normalized spacial score (nSPS) is 42.1. The zero-order valence-electron chi connectivity index (χ0n) is 15.3. The molecule has 3 aliphatic rings. The Balaban J connectivity index is 1.72. The van der Waals surface area contributed by atoms with Crippen LogP contribution in [0.3, 0.4) is 0 Å². The summed E-state index contributed by atoms with van der Waals surface area (Å²) < 4.78 is 0. The molecule has 4 rings (SSSR count). The minimum absolute atomic E-state index is 0.115. The van der Waals surface area contributed by atoms with Crippen LogP contribution in [0.2, 0.25) is 0 Å². The summed E-state index contributed by atoms with van der Waals surface area (Å²) in [6.45, 7) is 7.06. The summed E-state index contributed by atoms with van der Waals surface area (Å²) in [5.41, 5.74) is 2.96. The maximum absolute atomic E-state index is 10.9. The van der Waals surface area contributed by atoms with Gasteiger partial charge in [0.2, 0.25) is 0 Å². The fourth-order valence-corrected chi connectivity index (χ4v) is 6.60. The van der Waals surface area contributed by atoms with Crippen molar-refractivity contribution in [2.24, 2.45) is 29.1 Å². The smallest absolute Gasteiger partial charge is 0.115 e. The molecule has 0 aromatic heterocycles. The monoisotopic (exact) mass is 328 g/mol. The first-order valence-electron chi connectivity index (χ1n) is 9.95. The van der Waals surface area contributed by atoms with E-state index in [2.05, 4.69) is 26.8 Å². The third-order valence-corrected chi connectivity index (χ3v) is 8.10. The molecule has 3 unspecified atom stereocenters. The summed E-state index contributed by atoms with van der Waals surface area (Å²) in [4.78, 5) is 0. The van der Waals surface area contributed by atoms with E-state index in [1.807, 2.05) is 12.1 Å². The Hall–Kier alpha value is -1.02. The van der Waals surface area contributed by atoms with Gasteiger partial charge in [0, 0.05) is 0 Å². The second-order valence-electron chi connectivity index (χ2n) is 9.06. The van der Waals surface area contributed by atoms with Crippen molar-refractivity contribution in [2.75, 3.05) is 0 Å². The molecular formula is C22H32O2. The number of phenols is 1.